The van der Waals surface area contributed by atoms with Crippen molar-refractivity contribution in [3.63, 3.8) is 0 Å². The van der Waals surface area contributed by atoms with Crippen LogP contribution in [0.1, 0.15) is 0 Å². The number of hydrogen-bond donors (Lipinski definition) is 0. The van der Waals surface area contributed by atoms with Crippen LogP contribution in [0.2, 0.25) is 0 Å². The minimum atomic E-state index is 0.559. The first-order chi connectivity index (χ1) is 63.1. The Bertz CT molecular complexity index is 7490. The molecule has 0 bridgehead atoms. The van der Waals surface area contributed by atoms with Gasteiger partial charge in [0.1, 0.15) is 5.82 Å². The van der Waals surface area contributed by atoms with Gasteiger partial charge in [-0.05, 0) is 127 Å². The summed E-state index contributed by atoms with van der Waals surface area (Å²) in [6, 6.07) is 126. The zero-order chi connectivity index (χ0) is 86.0. The Kier molecular flexibility index (Phi) is 22.0. The van der Waals surface area contributed by atoms with Gasteiger partial charge in [0.05, 0.1) is 101 Å². The Morgan fingerprint density at radius 2 is 0.492 bits per heavy atom. The van der Waals surface area contributed by atoms with E-state index < -0.39 is 0 Å². The maximum atomic E-state index is 5.04. The molecule has 21 heteroatoms. The van der Waals surface area contributed by atoms with Crippen LogP contribution in [0.5, 0.6) is 0 Å². The third kappa shape index (κ3) is 15.8. The van der Waals surface area contributed by atoms with Crippen molar-refractivity contribution in [2.45, 2.75) is 0 Å². The van der Waals surface area contributed by atoms with Crippen LogP contribution in [0.15, 0.2) is 425 Å². The van der Waals surface area contributed by atoms with E-state index in [1.165, 1.54) is 0 Å². The van der Waals surface area contributed by atoms with Gasteiger partial charge >= 0.3 is 0 Å². The third-order valence-electron chi connectivity index (χ3n) is 22.0. The highest BCUT2D eigenvalue weighted by atomic mass is 79.9. The summed E-state index contributed by atoms with van der Waals surface area (Å²) in [5.41, 5.74) is 24.3. The summed E-state index contributed by atoms with van der Waals surface area (Å²) in [4.78, 5) is 63.0. The molecule has 0 N–H and O–H groups in total. The molecule has 0 aliphatic heterocycles. The number of nitrogens with zero attached hydrogens (tertiary/aromatic N) is 17. The van der Waals surface area contributed by atoms with E-state index in [0.717, 1.165) is 184 Å². The van der Waals surface area contributed by atoms with E-state index in [4.69, 9.17) is 44.9 Å². The summed E-state index contributed by atoms with van der Waals surface area (Å²) in [7, 11) is 0. The second-order valence-corrected chi connectivity index (χ2v) is 33.6. The molecule has 608 valence electrons. The standard InChI is InChI=1S/3C27H17BrN4.C26H16BrN5/c28-20-13-14-21-25(16-20)32(24-12-7-15-29-26(21)24)27-30-22(18-8-3-1-4-9-18)17-23(31-27)19-10-5-2-6-11-19;28-20-13-14-21-24(16-20)32(23-12-7-15-29-26(21)23)25-17-22(18-8-3-1-4-9-18)30-27(31-25)19-10-5-2-6-11-19;28-20-13-14-21-23(16-20)32(22-12-7-15-29-26(21)22)24-17-30-27(19-10-5-2-6-11-19)31-25(24)18-8-3-1-4-9-18;27-19-13-14-20-22(16-19)32(21-12-7-15-28-23(20)21)26-30-24(17-8-3-1-4-9-17)29-25(31-26)18-10-5-2-6-11-18/h3*1-17H;1-16H. The Balaban J connectivity index is 0.000000104. The third-order valence-corrected chi connectivity index (χ3v) is 24.0. The number of aromatic nitrogens is 17. The molecule has 0 amide bonds. The van der Waals surface area contributed by atoms with Crippen molar-refractivity contribution in [2.75, 3.05) is 0 Å². The van der Waals surface area contributed by atoms with Gasteiger partial charge in [-0.15, -0.1) is 0 Å². The molecule has 128 heavy (non-hydrogen) atoms. The van der Waals surface area contributed by atoms with Gasteiger partial charge in [0.25, 0.3) is 0 Å². The number of benzene rings is 12. The quantitative estimate of drug-likeness (QED) is 0.113. The number of pyridine rings is 4. The monoisotopic (exact) mass is 1910 g/mol. The predicted molar refractivity (Wildman–Crippen MR) is 529 cm³/mol. The lowest BCUT2D eigenvalue weighted by Crippen LogP contribution is -2.06. The fourth-order valence-electron chi connectivity index (χ4n) is 16.2. The lowest BCUT2D eigenvalue weighted by molar-refractivity contribution is 0.952. The maximum Gasteiger partial charge on any atom is 0.238 e. The van der Waals surface area contributed by atoms with E-state index in [0.29, 0.717) is 35.2 Å². The van der Waals surface area contributed by atoms with E-state index >= 15 is 0 Å². The molecule has 12 heterocycles. The number of rotatable bonds is 12. The van der Waals surface area contributed by atoms with Gasteiger partial charge in [-0.25, -0.2) is 34.9 Å². The normalized spacial score (nSPS) is 11.3. The average Bonchev–Trinajstić information content (AvgIpc) is 1.60. The largest absolute Gasteiger partial charge is 0.304 e. The molecule has 0 radical (unpaired) electrons. The van der Waals surface area contributed by atoms with Crippen molar-refractivity contribution in [1.29, 1.82) is 0 Å². The average molecular weight is 1910 g/mol. The van der Waals surface area contributed by atoms with Gasteiger partial charge in [0.2, 0.25) is 11.9 Å². The fraction of sp³-hybridized carbons (Fsp3) is 0. The van der Waals surface area contributed by atoms with Crippen LogP contribution in [0.25, 0.3) is 202 Å². The SMILES string of the molecule is Brc1ccc2c3ncccc3n(-c3cc(-c4ccccc4)nc(-c4ccccc4)n3)c2c1.Brc1ccc2c3ncccc3n(-c3cnc(-c4ccccc4)nc3-c3ccccc3)c2c1.Brc1ccc2c3ncccc3n(-c3nc(-c4ccccc4)cc(-c4ccccc4)n3)c2c1.Brc1ccc2c3ncccc3n(-c3nc(-c4ccccc4)nc(-c4ccccc4)n3)c2c1. The molecule has 12 aromatic heterocycles. The van der Waals surface area contributed by atoms with Crippen LogP contribution >= 0.6 is 63.7 Å². The van der Waals surface area contributed by atoms with Gasteiger partial charge in [-0.1, -0.05) is 306 Å². The van der Waals surface area contributed by atoms with E-state index in [1.807, 2.05) is 280 Å². The molecule has 0 spiro atoms. The van der Waals surface area contributed by atoms with Crippen LogP contribution in [0, 0.1) is 0 Å². The van der Waals surface area contributed by atoms with Crippen molar-refractivity contribution in [2.24, 2.45) is 0 Å². The Labute approximate surface area is 767 Å². The van der Waals surface area contributed by atoms with E-state index in [9.17, 15) is 0 Å². The van der Waals surface area contributed by atoms with Crippen molar-refractivity contribution in [3.05, 3.63) is 425 Å². The summed E-state index contributed by atoms with van der Waals surface area (Å²) in [5.74, 6) is 4.64. The second-order valence-electron chi connectivity index (χ2n) is 30.0. The summed E-state index contributed by atoms with van der Waals surface area (Å²) in [6.45, 7) is 0. The highest BCUT2D eigenvalue weighted by molar-refractivity contribution is 9.11. The topological polar surface area (TPSA) is 187 Å². The summed E-state index contributed by atoms with van der Waals surface area (Å²) < 4.78 is 12.5. The Morgan fingerprint density at radius 3 is 0.867 bits per heavy atom. The molecule has 12 aromatic carbocycles. The molecule has 0 atom stereocenters. The van der Waals surface area contributed by atoms with Gasteiger partial charge in [0, 0.05) is 115 Å². The van der Waals surface area contributed by atoms with Crippen LogP contribution in [-0.4, -0.2) is 83.1 Å². The van der Waals surface area contributed by atoms with E-state index in [-0.39, 0.29) is 0 Å². The lowest BCUT2D eigenvalue weighted by atomic mass is 10.1. The molecule has 17 nitrogen and oxygen atoms in total. The molecule has 24 rings (SSSR count). The lowest BCUT2D eigenvalue weighted by Gasteiger charge is -2.14. The van der Waals surface area contributed by atoms with Crippen LogP contribution in [-0.2, 0) is 0 Å². The highest BCUT2D eigenvalue weighted by Crippen LogP contribution is 2.41. The number of halogens is 4. The minimum Gasteiger partial charge on any atom is -0.304 e. The molecule has 0 unspecified atom stereocenters. The van der Waals surface area contributed by atoms with Crippen LogP contribution in [0.4, 0.5) is 0 Å². The first kappa shape index (κ1) is 79.8. The molecule has 0 saturated heterocycles. The molecule has 24 aromatic rings. The van der Waals surface area contributed by atoms with Crippen molar-refractivity contribution >= 4 is 151 Å². The van der Waals surface area contributed by atoms with E-state index in [1.54, 1.807) is 0 Å². The fourth-order valence-corrected chi connectivity index (χ4v) is 17.6. The van der Waals surface area contributed by atoms with Crippen molar-refractivity contribution in [1.82, 2.24) is 83.1 Å². The predicted octanol–water partition coefficient (Wildman–Crippen LogP) is 27.7. The highest BCUT2D eigenvalue weighted by Gasteiger charge is 2.25. The van der Waals surface area contributed by atoms with Crippen LogP contribution in [0.3, 0.4) is 0 Å². The molecule has 0 saturated carbocycles. The second kappa shape index (κ2) is 35.3. The van der Waals surface area contributed by atoms with Crippen LogP contribution < -0.4 is 0 Å². The Morgan fingerprint density at radius 1 is 0.195 bits per heavy atom. The number of fused-ring (bicyclic) bond motifs is 12. The molecule has 0 aliphatic rings. The molecule has 0 aliphatic carbocycles. The number of hydrogen-bond acceptors (Lipinski definition) is 13. The van der Waals surface area contributed by atoms with Crippen molar-refractivity contribution in [3.8, 4) is 114 Å². The zero-order valence-corrected chi connectivity index (χ0v) is 74.1. The maximum absolute atomic E-state index is 5.04. The minimum absolute atomic E-state index is 0.559. The first-order valence-corrected chi connectivity index (χ1v) is 44.4. The summed E-state index contributed by atoms with van der Waals surface area (Å²) in [6.07, 6.45) is 9.22. The summed E-state index contributed by atoms with van der Waals surface area (Å²) in [5, 5.41) is 4.30. The van der Waals surface area contributed by atoms with Gasteiger partial charge in [-0.3, -0.25) is 33.6 Å². The van der Waals surface area contributed by atoms with Gasteiger partial charge in [-0.2, -0.15) is 9.97 Å². The zero-order valence-electron chi connectivity index (χ0n) is 67.8. The van der Waals surface area contributed by atoms with Crippen molar-refractivity contribution < 1.29 is 0 Å². The summed E-state index contributed by atoms with van der Waals surface area (Å²) >= 11 is 14.5. The molecular formula is C107H67Br4N17. The van der Waals surface area contributed by atoms with Gasteiger partial charge < -0.3 is 4.57 Å². The molecular weight excluding hydrogens is 1840 g/mol. The van der Waals surface area contributed by atoms with E-state index in [2.05, 4.69) is 229 Å². The smallest absolute Gasteiger partial charge is 0.238 e. The molecule has 0 fully saturated rings. The van der Waals surface area contributed by atoms with Gasteiger partial charge in [0.15, 0.2) is 23.3 Å². The first-order valence-electron chi connectivity index (χ1n) is 41.2. The Hall–Kier alpha value is -15.4.